The Morgan fingerprint density at radius 3 is 2.62 bits per heavy atom. The van der Waals surface area contributed by atoms with Crippen LogP contribution in [0.3, 0.4) is 0 Å². The van der Waals surface area contributed by atoms with E-state index in [0.29, 0.717) is 12.2 Å². The maximum absolute atomic E-state index is 12.2. The first-order valence-electron chi connectivity index (χ1n) is 6.76. The van der Waals surface area contributed by atoms with E-state index < -0.39 is 10.0 Å². The summed E-state index contributed by atoms with van der Waals surface area (Å²) in [7, 11) is -3.65. The first kappa shape index (κ1) is 15.5. The van der Waals surface area contributed by atoms with Gasteiger partial charge in [0.25, 0.3) is 10.0 Å². The van der Waals surface area contributed by atoms with E-state index in [1.165, 1.54) is 6.07 Å². The predicted molar refractivity (Wildman–Crippen MR) is 83.6 cm³/mol. The number of hydrogen-bond acceptors (Lipinski definition) is 4. The summed E-state index contributed by atoms with van der Waals surface area (Å²) in [5, 5.41) is 3.18. The maximum atomic E-state index is 12.2. The van der Waals surface area contributed by atoms with E-state index in [9.17, 15) is 8.42 Å². The number of benzene rings is 1. The Hall–Kier alpha value is -1.92. The van der Waals surface area contributed by atoms with Crippen LogP contribution in [0.2, 0.25) is 0 Å². The van der Waals surface area contributed by atoms with Crippen molar-refractivity contribution in [3.8, 4) is 0 Å². The van der Waals surface area contributed by atoms with E-state index in [0.717, 1.165) is 17.7 Å². The lowest BCUT2D eigenvalue weighted by molar-refractivity contribution is 0.597. The Morgan fingerprint density at radius 1 is 1.19 bits per heavy atom. The lowest BCUT2D eigenvalue weighted by Gasteiger charge is -2.08. The Labute approximate surface area is 125 Å². The maximum Gasteiger partial charge on any atom is 0.279 e. The van der Waals surface area contributed by atoms with Crippen LogP contribution in [-0.4, -0.2) is 19.9 Å². The van der Waals surface area contributed by atoms with E-state index in [-0.39, 0.29) is 5.03 Å². The molecule has 0 saturated heterocycles. The number of sulfonamides is 1. The van der Waals surface area contributed by atoms with Crippen molar-refractivity contribution in [1.82, 2.24) is 10.3 Å². The number of rotatable bonds is 6. The van der Waals surface area contributed by atoms with Crippen molar-refractivity contribution < 1.29 is 8.42 Å². The number of nitrogens with zero attached hydrogens (tertiary/aromatic N) is 1. The smallest absolute Gasteiger partial charge is 0.279 e. The molecule has 0 atom stereocenters. The van der Waals surface area contributed by atoms with Crippen molar-refractivity contribution in [3.63, 3.8) is 0 Å². The largest absolute Gasteiger partial charge is 0.313 e. The van der Waals surface area contributed by atoms with Crippen molar-refractivity contribution in [1.29, 1.82) is 0 Å². The van der Waals surface area contributed by atoms with Gasteiger partial charge in [-0.2, -0.15) is 8.42 Å². The molecule has 5 nitrogen and oxygen atoms in total. The molecular weight excluding hydrogens is 286 g/mol. The van der Waals surface area contributed by atoms with E-state index in [4.69, 9.17) is 0 Å². The molecule has 0 aliphatic rings. The van der Waals surface area contributed by atoms with E-state index in [1.54, 1.807) is 30.5 Å². The second-order valence-electron chi connectivity index (χ2n) is 4.76. The van der Waals surface area contributed by atoms with Gasteiger partial charge in [0.15, 0.2) is 5.03 Å². The molecule has 0 amide bonds. The van der Waals surface area contributed by atoms with Crippen LogP contribution >= 0.6 is 0 Å². The van der Waals surface area contributed by atoms with Crippen molar-refractivity contribution in [2.24, 2.45) is 0 Å². The quantitative estimate of drug-likeness (QED) is 0.859. The second kappa shape index (κ2) is 6.69. The minimum Gasteiger partial charge on any atom is -0.313 e. The molecule has 0 fully saturated rings. The molecule has 2 rings (SSSR count). The van der Waals surface area contributed by atoms with Crippen molar-refractivity contribution >= 4 is 15.7 Å². The molecule has 0 aliphatic heterocycles. The summed E-state index contributed by atoms with van der Waals surface area (Å²) >= 11 is 0. The fourth-order valence-corrected chi connectivity index (χ4v) is 2.84. The molecule has 0 unspecified atom stereocenters. The number of aromatic nitrogens is 1. The monoisotopic (exact) mass is 305 g/mol. The second-order valence-corrected chi connectivity index (χ2v) is 6.39. The number of aryl methyl sites for hydroxylation is 1. The van der Waals surface area contributed by atoms with Crippen LogP contribution in [0.4, 0.5) is 5.69 Å². The van der Waals surface area contributed by atoms with E-state index in [1.807, 2.05) is 19.9 Å². The summed E-state index contributed by atoms with van der Waals surface area (Å²) in [5.74, 6) is 0. The number of pyridine rings is 1. The van der Waals surface area contributed by atoms with Crippen LogP contribution < -0.4 is 10.0 Å². The number of hydrogen-bond donors (Lipinski definition) is 2. The molecule has 2 aromatic rings. The van der Waals surface area contributed by atoms with Crippen LogP contribution in [0.1, 0.15) is 18.1 Å². The van der Waals surface area contributed by atoms with Gasteiger partial charge in [0.05, 0.1) is 0 Å². The number of nitrogens with one attached hydrogen (secondary N) is 2. The zero-order chi connectivity index (χ0) is 15.3. The van der Waals surface area contributed by atoms with Crippen molar-refractivity contribution in [3.05, 3.63) is 53.7 Å². The summed E-state index contributed by atoms with van der Waals surface area (Å²) in [6.07, 6.45) is 1.58. The molecule has 2 N–H and O–H groups in total. The highest BCUT2D eigenvalue weighted by atomic mass is 32.2. The topological polar surface area (TPSA) is 71.1 Å². The molecule has 1 aromatic carbocycles. The Balaban J connectivity index is 2.15. The molecule has 1 heterocycles. The summed E-state index contributed by atoms with van der Waals surface area (Å²) < 4.78 is 27.0. The summed E-state index contributed by atoms with van der Waals surface area (Å²) in [6.45, 7) is 5.45. The summed E-state index contributed by atoms with van der Waals surface area (Å²) in [6, 6.07) is 10.5. The zero-order valence-electron chi connectivity index (χ0n) is 12.1. The molecule has 1 aromatic heterocycles. The number of anilines is 1. The fourth-order valence-electron chi connectivity index (χ4n) is 1.86. The molecule has 0 saturated carbocycles. The summed E-state index contributed by atoms with van der Waals surface area (Å²) in [4.78, 5) is 4.03. The lowest BCUT2D eigenvalue weighted by atomic mass is 10.2. The van der Waals surface area contributed by atoms with Gasteiger partial charge in [-0.25, -0.2) is 4.98 Å². The SMILES string of the molecule is CCNCc1ccc(S(=O)(=O)Nc2cccc(C)c2)nc1. The van der Waals surface area contributed by atoms with Gasteiger partial charge in [0.2, 0.25) is 0 Å². The predicted octanol–water partition coefficient (Wildman–Crippen LogP) is 2.30. The van der Waals surface area contributed by atoms with Gasteiger partial charge in [0, 0.05) is 18.4 Å². The Kier molecular flexibility index (Phi) is 4.93. The van der Waals surface area contributed by atoms with Gasteiger partial charge in [-0.3, -0.25) is 4.72 Å². The Bertz CT molecular complexity index is 697. The minimum atomic E-state index is -3.65. The van der Waals surface area contributed by atoms with Crippen molar-refractivity contribution in [2.45, 2.75) is 25.4 Å². The van der Waals surface area contributed by atoms with Gasteiger partial charge >= 0.3 is 0 Å². The van der Waals surface area contributed by atoms with Gasteiger partial charge in [0.1, 0.15) is 0 Å². The average Bonchev–Trinajstić information content (AvgIpc) is 2.45. The zero-order valence-corrected chi connectivity index (χ0v) is 12.9. The first-order chi connectivity index (χ1) is 10.0. The van der Waals surface area contributed by atoms with Gasteiger partial charge in [-0.15, -0.1) is 0 Å². The molecule has 0 aliphatic carbocycles. The molecule has 112 valence electrons. The molecule has 0 radical (unpaired) electrons. The third-order valence-corrected chi connectivity index (χ3v) is 4.22. The van der Waals surface area contributed by atoms with Gasteiger partial charge in [-0.1, -0.05) is 25.1 Å². The molecule has 0 bridgehead atoms. The fraction of sp³-hybridized carbons (Fsp3) is 0.267. The molecule has 6 heteroatoms. The third kappa shape index (κ3) is 4.27. The first-order valence-corrected chi connectivity index (χ1v) is 8.25. The highest BCUT2D eigenvalue weighted by molar-refractivity contribution is 7.92. The van der Waals surface area contributed by atoms with Gasteiger partial charge < -0.3 is 5.32 Å². The normalized spacial score (nSPS) is 11.3. The van der Waals surface area contributed by atoms with Crippen LogP contribution in [0, 0.1) is 6.92 Å². The highest BCUT2D eigenvalue weighted by Gasteiger charge is 2.15. The minimum absolute atomic E-state index is 0.0178. The standard InChI is InChI=1S/C15H19N3O2S/c1-3-16-10-13-7-8-15(17-11-13)21(19,20)18-14-6-4-5-12(2)9-14/h4-9,11,16,18H,3,10H2,1-2H3. The lowest BCUT2D eigenvalue weighted by Crippen LogP contribution is -2.16. The van der Waals surface area contributed by atoms with Crippen LogP contribution in [0.25, 0.3) is 0 Å². The van der Waals surface area contributed by atoms with E-state index in [2.05, 4.69) is 15.0 Å². The summed E-state index contributed by atoms with van der Waals surface area (Å²) in [5.41, 5.74) is 2.48. The Morgan fingerprint density at radius 2 is 2.00 bits per heavy atom. The third-order valence-electron chi connectivity index (χ3n) is 2.92. The van der Waals surface area contributed by atoms with Crippen LogP contribution in [0.15, 0.2) is 47.6 Å². The average molecular weight is 305 g/mol. The molecular formula is C15H19N3O2S. The van der Waals surface area contributed by atoms with Gasteiger partial charge in [-0.05, 0) is 42.8 Å². The van der Waals surface area contributed by atoms with Crippen molar-refractivity contribution in [2.75, 3.05) is 11.3 Å². The van der Waals surface area contributed by atoms with Crippen LogP contribution in [0.5, 0.6) is 0 Å². The van der Waals surface area contributed by atoms with Crippen LogP contribution in [-0.2, 0) is 16.6 Å². The molecule has 0 spiro atoms. The molecule has 21 heavy (non-hydrogen) atoms. The van der Waals surface area contributed by atoms with E-state index >= 15 is 0 Å². The highest BCUT2D eigenvalue weighted by Crippen LogP contribution is 2.15.